The Labute approximate surface area is 116 Å². The SMILES string of the molecule is CCCCOc1ccc(CN2CCNCC2)cc1C. The van der Waals surface area contributed by atoms with Crippen LogP contribution in [0.5, 0.6) is 5.75 Å². The fourth-order valence-electron chi connectivity index (χ4n) is 2.43. The number of nitrogens with zero attached hydrogens (tertiary/aromatic N) is 1. The summed E-state index contributed by atoms with van der Waals surface area (Å²) >= 11 is 0. The number of benzene rings is 1. The molecule has 0 saturated carbocycles. The van der Waals surface area contributed by atoms with E-state index in [1.54, 1.807) is 0 Å². The zero-order valence-corrected chi connectivity index (χ0v) is 12.2. The number of aryl methyl sites for hydroxylation is 1. The smallest absolute Gasteiger partial charge is 0.122 e. The van der Waals surface area contributed by atoms with Gasteiger partial charge in [0.1, 0.15) is 5.75 Å². The fourth-order valence-corrected chi connectivity index (χ4v) is 2.43. The van der Waals surface area contributed by atoms with Crippen LogP contribution in [0.2, 0.25) is 0 Å². The minimum absolute atomic E-state index is 0.828. The van der Waals surface area contributed by atoms with Crippen molar-refractivity contribution in [2.45, 2.75) is 33.2 Å². The molecule has 1 aliphatic rings. The first kappa shape index (κ1) is 14.4. The lowest BCUT2D eigenvalue weighted by molar-refractivity contribution is 0.233. The van der Waals surface area contributed by atoms with Gasteiger partial charge in [0.2, 0.25) is 0 Å². The lowest BCUT2D eigenvalue weighted by atomic mass is 10.1. The number of nitrogens with one attached hydrogen (secondary N) is 1. The molecule has 3 heteroatoms. The Bertz CT molecular complexity index is 386. The van der Waals surface area contributed by atoms with E-state index in [0.717, 1.165) is 51.5 Å². The number of unbranched alkanes of at least 4 members (excludes halogenated alkanes) is 1. The molecule has 1 saturated heterocycles. The van der Waals surface area contributed by atoms with E-state index in [-0.39, 0.29) is 0 Å². The van der Waals surface area contributed by atoms with Gasteiger partial charge in [0, 0.05) is 32.7 Å². The maximum absolute atomic E-state index is 5.80. The molecular formula is C16H26N2O. The second-order valence-electron chi connectivity index (χ2n) is 5.33. The van der Waals surface area contributed by atoms with E-state index in [1.165, 1.54) is 17.5 Å². The van der Waals surface area contributed by atoms with Crippen LogP contribution in [-0.4, -0.2) is 37.7 Å². The highest BCUT2D eigenvalue weighted by Crippen LogP contribution is 2.20. The molecule has 0 radical (unpaired) electrons. The zero-order chi connectivity index (χ0) is 13.5. The maximum atomic E-state index is 5.80. The van der Waals surface area contributed by atoms with Gasteiger partial charge < -0.3 is 10.1 Å². The summed E-state index contributed by atoms with van der Waals surface area (Å²) in [7, 11) is 0. The lowest BCUT2D eigenvalue weighted by Gasteiger charge is -2.27. The van der Waals surface area contributed by atoms with Crippen LogP contribution in [-0.2, 0) is 6.54 Å². The van der Waals surface area contributed by atoms with Crippen LogP contribution < -0.4 is 10.1 Å². The van der Waals surface area contributed by atoms with Gasteiger partial charge in [-0.1, -0.05) is 25.5 Å². The highest BCUT2D eigenvalue weighted by Gasteiger charge is 2.10. The Morgan fingerprint density at radius 2 is 2.05 bits per heavy atom. The van der Waals surface area contributed by atoms with E-state index in [9.17, 15) is 0 Å². The van der Waals surface area contributed by atoms with E-state index in [4.69, 9.17) is 4.74 Å². The van der Waals surface area contributed by atoms with Crippen molar-refractivity contribution < 1.29 is 4.74 Å². The van der Waals surface area contributed by atoms with E-state index < -0.39 is 0 Å². The first-order valence-electron chi connectivity index (χ1n) is 7.45. The molecule has 1 N–H and O–H groups in total. The van der Waals surface area contributed by atoms with E-state index in [1.807, 2.05) is 0 Å². The van der Waals surface area contributed by atoms with Gasteiger partial charge in [0.15, 0.2) is 0 Å². The fraction of sp³-hybridized carbons (Fsp3) is 0.625. The topological polar surface area (TPSA) is 24.5 Å². The summed E-state index contributed by atoms with van der Waals surface area (Å²) in [5, 5.41) is 3.39. The van der Waals surface area contributed by atoms with Crippen LogP contribution in [0.4, 0.5) is 0 Å². The van der Waals surface area contributed by atoms with Crippen LogP contribution in [0.25, 0.3) is 0 Å². The summed E-state index contributed by atoms with van der Waals surface area (Å²) in [6, 6.07) is 6.60. The third-order valence-electron chi connectivity index (χ3n) is 3.61. The quantitative estimate of drug-likeness (QED) is 0.798. The van der Waals surface area contributed by atoms with Gasteiger partial charge in [-0.2, -0.15) is 0 Å². The Morgan fingerprint density at radius 3 is 2.74 bits per heavy atom. The van der Waals surface area contributed by atoms with Crippen molar-refractivity contribution in [1.29, 1.82) is 0 Å². The number of hydrogen-bond donors (Lipinski definition) is 1. The van der Waals surface area contributed by atoms with Crippen molar-refractivity contribution in [3.8, 4) is 5.75 Å². The molecule has 1 fully saturated rings. The number of hydrogen-bond acceptors (Lipinski definition) is 3. The Kier molecular flexibility index (Phi) is 5.67. The van der Waals surface area contributed by atoms with Gasteiger partial charge in [-0.3, -0.25) is 4.90 Å². The van der Waals surface area contributed by atoms with Gasteiger partial charge in [0.25, 0.3) is 0 Å². The van der Waals surface area contributed by atoms with Gasteiger partial charge >= 0.3 is 0 Å². The predicted molar refractivity (Wildman–Crippen MR) is 79.7 cm³/mol. The Hall–Kier alpha value is -1.06. The highest BCUT2D eigenvalue weighted by molar-refractivity contribution is 5.36. The third-order valence-corrected chi connectivity index (χ3v) is 3.61. The number of piperazine rings is 1. The molecule has 1 aromatic carbocycles. The Morgan fingerprint density at radius 1 is 1.26 bits per heavy atom. The van der Waals surface area contributed by atoms with Gasteiger partial charge in [-0.25, -0.2) is 0 Å². The van der Waals surface area contributed by atoms with Crippen molar-refractivity contribution >= 4 is 0 Å². The summed E-state index contributed by atoms with van der Waals surface area (Å²) in [5.41, 5.74) is 2.64. The minimum atomic E-state index is 0.828. The van der Waals surface area contributed by atoms with Crippen LogP contribution in [0.1, 0.15) is 30.9 Å². The summed E-state index contributed by atoms with van der Waals surface area (Å²) in [6.45, 7) is 10.7. The minimum Gasteiger partial charge on any atom is -0.493 e. The zero-order valence-electron chi connectivity index (χ0n) is 12.2. The maximum Gasteiger partial charge on any atom is 0.122 e. The molecule has 1 aliphatic heterocycles. The monoisotopic (exact) mass is 262 g/mol. The second kappa shape index (κ2) is 7.51. The largest absolute Gasteiger partial charge is 0.493 e. The predicted octanol–water partition coefficient (Wildman–Crippen LogP) is 2.58. The molecule has 3 nitrogen and oxygen atoms in total. The van der Waals surface area contributed by atoms with Crippen LogP contribution in [0.3, 0.4) is 0 Å². The molecule has 0 unspecified atom stereocenters. The summed E-state index contributed by atoms with van der Waals surface area (Å²) in [6.07, 6.45) is 2.31. The van der Waals surface area contributed by atoms with E-state index in [2.05, 4.69) is 42.3 Å². The number of rotatable bonds is 6. The molecule has 1 aromatic rings. The normalized spacial score (nSPS) is 16.5. The molecule has 0 atom stereocenters. The first-order chi connectivity index (χ1) is 9.29. The second-order valence-corrected chi connectivity index (χ2v) is 5.33. The van der Waals surface area contributed by atoms with E-state index >= 15 is 0 Å². The molecule has 0 bridgehead atoms. The van der Waals surface area contributed by atoms with Crippen molar-refractivity contribution in [2.75, 3.05) is 32.8 Å². The molecule has 0 aromatic heterocycles. The van der Waals surface area contributed by atoms with Gasteiger partial charge in [0.05, 0.1) is 6.61 Å². The number of ether oxygens (including phenoxy) is 1. The molecule has 19 heavy (non-hydrogen) atoms. The van der Waals surface area contributed by atoms with Gasteiger partial charge in [-0.15, -0.1) is 0 Å². The van der Waals surface area contributed by atoms with Crippen LogP contribution >= 0.6 is 0 Å². The summed E-state index contributed by atoms with van der Waals surface area (Å²) < 4.78 is 5.80. The van der Waals surface area contributed by atoms with Crippen LogP contribution in [0.15, 0.2) is 18.2 Å². The average Bonchev–Trinajstić information content (AvgIpc) is 2.43. The third kappa shape index (κ3) is 4.51. The van der Waals surface area contributed by atoms with Crippen LogP contribution in [0, 0.1) is 6.92 Å². The lowest BCUT2D eigenvalue weighted by Crippen LogP contribution is -2.42. The van der Waals surface area contributed by atoms with Crippen molar-refractivity contribution in [3.63, 3.8) is 0 Å². The average molecular weight is 262 g/mol. The Balaban J connectivity index is 1.90. The molecule has 2 rings (SSSR count). The van der Waals surface area contributed by atoms with Crippen molar-refractivity contribution in [1.82, 2.24) is 10.2 Å². The summed E-state index contributed by atoms with van der Waals surface area (Å²) in [5.74, 6) is 1.04. The molecule has 0 aliphatic carbocycles. The van der Waals surface area contributed by atoms with Crippen molar-refractivity contribution in [2.24, 2.45) is 0 Å². The molecular weight excluding hydrogens is 236 g/mol. The molecule has 1 heterocycles. The molecule has 0 spiro atoms. The van der Waals surface area contributed by atoms with Crippen molar-refractivity contribution in [3.05, 3.63) is 29.3 Å². The highest BCUT2D eigenvalue weighted by atomic mass is 16.5. The summed E-state index contributed by atoms with van der Waals surface area (Å²) in [4.78, 5) is 2.50. The first-order valence-corrected chi connectivity index (χ1v) is 7.45. The molecule has 0 amide bonds. The van der Waals surface area contributed by atoms with E-state index in [0.29, 0.717) is 0 Å². The molecule has 106 valence electrons. The van der Waals surface area contributed by atoms with Gasteiger partial charge in [-0.05, 0) is 30.5 Å². The standard InChI is InChI=1S/C16H26N2O/c1-3-4-11-19-16-6-5-15(12-14(16)2)13-18-9-7-17-8-10-18/h5-6,12,17H,3-4,7-11,13H2,1-2H3.